The first kappa shape index (κ1) is 6.85. The van der Waals surface area contributed by atoms with Crippen LogP contribution >= 0.6 is 15.9 Å². The van der Waals surface area contributed by atoms with Crippen molar-refractivity contribution in [3.63, 3.8) is 0 Å². The number of rotatable bonds is 0. The minimum absolute atomic E-state index is 0.392. The molecule has 0 saturated carbocycles. The lowest BCUT2D eigenvalue weighted by molar-refractivity contribution is 1.29. The molecule has 48 valence electrons. The number of nitrogens with one attached hydrogen (secondary N) is 1. The summed E-state index contributed by atoms with van der Waals surface area (Å²) in [6, 6.07) is 5.30. The molecule has 3 nitrogen and oxygen atoms in total. The maximum absolute atomic E-state index is 8.42. The lowest BCUT2D eigenvalue weighted by atomic mass is 10.3. The fraction of sp³-hybridized carbons (Fsp3) is 0. The minimum Gasteiger partial charge on any atom is -0.340 e. The lowest BCUT2D eigenvalue weighted by Crippen LogP contribution is -1.67. The van der Waals surface area contributed by atoms with E-state index in [1.807, 2.05) is 12.1 Å². The summed E-state index contributed by atoms with van der Waals surface area (Å²) in [6.07, 6.45) is 0. The van der Waals surface area contributed by atoms with Gasteiger partial charge < -0.3 is 4.98 Å². The number of halogens is 1. The maximum atomic E-state index is 8.42. The van der Waals surface area contributed by atoms with Crippen molar-refractivity contribution in [2.45, 2.75) is 0 Å². The Labute approximate surface area is 66.0 Å². The number of H-pyrrole nitrogens is 1. The van der Waals surface area contributed by atoms with Crippen molar-refractivity contribution in [1.29, 1.82) is 10.5 Å². The summed E-state index contributed by atoms with van der Waals surface area (Å²) in [5, 5.41) is 16.8. The van der Waals surface area contributed by atoms with Gasteiger partial charge >= 0.3 is 0 Å². The second kappa shape index (κ2) is 2.55. The molecular weight excluding hydrogens is 194 g/mol. The van der Waals surface area contributed by atoms with E-state index in [1.54, 1.807) is 0 Å². The molecule has 0 aliphatic rings. The van der Waals surface area contributed by atoms with Crippen molar-refractivity contribution in [3.8, 4) is 12.1 Å². The van der Waals surface area contributed by atoms with Crippen LogP contribution in [0.4, 0.5) is 0 Å². The van der Waals surface area contributed by atoms with Gasteiger partial charge in [-0.15, -0.1) is 0 Å². The predicted octanol–water partition coefficient (Wildman–Crippen LogP) is 1.52. The molecule has 0 amide bonds. The van der Waals surface area contributed by atoms with Crippen LogP contribution in [0.5, 0.6) is 0 Å². The molecule has 1 aromatic rings. The van der Waals surface area contributed by atoms with Gasteiger partial charge in [0.1, 0.15) is 22.4 Å². The second-order valence-electron chi connectivity index (χ2n) is 1.63. The van der Waals surface area contributed by atoms with E-state index in [-0.39, 0.29) is 0 Å². The molecule has 1 aromatic heterocycles. The van der Waals surface area contributed by atoms with Crippen molar-refractivity contribution in [1.82, 2.24) is 4.98 Å². The molecule has 0 aromatic carbocycles. The number of nitriles is 2. The zero-order valence-electron chi connectivity index (χ0n) is 4.85. The molecule has 0 radical (unpaired) electrons. The van der Waals surface area contributed by atoms with Crippen molar-refractivity contribution in [2.75, 3.05) is 0 Å². The molecule has 0 saturated heterocycles. The fourth-order valence-electron chi connectivity index (χ4n) is 0.571. The summed E-state index contributed by atoms with van der Waals surface area (Å²) < 4.78 is 0.562. The number of aromatic amines is 1. The van der Waals surface area contributed by atoms with Gasteiger partial charge in [-0.2, -0.15) is 10.5 Å². The van der Waals surface area contributed by atoms with E-state index in [4.69, 9.17) is 10.5 Å². The van der Waals surface area contributed by atoms with E-state index >= 15 is 0 Å². The molecule has 0 fully saturated rings. The Morgan fingerprint density at radius 2 is 2.10 bits per heavy atom. The second-order valence-corrected chi connectivity index (χ2v) is 2.43. The molecule has 0 unspecified atom stereocenters. The molecule has 0 aliphatic heterocycles. The monoisotopic (exact) mass is 195 g/mol. The first-order chi connectivity index (χ1) is 4.77. The standard InChI is InChI=1S/C6H2BrN3/c7-6-4(2-8)1-5(3-9)10-6/h1,10H. The van der Waals surface area contributed by atoms with Gasteiger partial charge in [-0.05, 0) is 22.0 Å². The van der Waals surface area contributed by atoms with E-state index in [0.717, 1.165) is 0 Å². The molecule has 1 rings (SSSR count). The molecule has 0 spiro atoms. The molecule has 10 heavy (non-hydrogen) atoms. The largest absolute Gasteiger partial charge is 0.340 e. The van der Waals surface area contributed by atoms with Gasteiger partial charge in [0.2, 0.25) is 0 Å². The highest BCUT2D eigenvalue weighted by atomic mass is 79.9. The number of hydrogen-bond acceptors (Lipinski definition) is 2. The molecule has 1 heterocycles. The summed E-state index contributed by atoms with van der Waals surface area (Å²) in [4.78, 5) is 2.68. The zero-order chi connectivity index (χ0) is 7.56. The Balaban J connectivity index is 3.23. The average Bonchev–Trinajstić information content (AvgIpc) is 2.30. The van der Waals surface area contributed by atoms with Crippen LogP contribution < -0.4 is 0 Å². The third-order valence-electron chi connectivity index (χ3n) is 1.01. The highest BCUT2D eigenvalue weighted by Crippen LogP contribution is 2.14. The molecule has 0 aliphatic carbocycles. The molecule has 1 N–H and O–H groups in total. The van der Waals surface area contributed by atoms with Crippen molar-refractivity contribution < 1.29 is 0 Å². The number of aromatic nitrogens is 1. The van der Waals surface area contributed by atoms with Crippen molar-refractivity contribution in [2.24, 2.45) is 0 Å². The quantitative estimate of drug-likeness (QED) is 0.683. The van der Waals surface area contributed by atoms with Crippen LogP contribution in [0.3, 0.4) is 0 Å². The van der Waals surface area contributed by atoms with Gasteiger partial charge in [-0.1, -0.05) is 0 Å². The van der Waals surface area contributed by atoms with Gasteiger partial charge in [0.15, 0.2) is 0 Å². The highest BCUT2D eigenvalue weighted by Gasteiger charge is 2.02. The summed E-state index contributed by atoms with van der Waals surface area (Å²) >= 11 is 3.09. The normalized spacial score (nSPS) is 8.30. The van der Waals surface area contributed by atoms with Gasteiger partial charge in [0, 0.05) is 0 Å². The summed E-state index contributed by atoms with van der Waals surface area (Å²) in [5.74, 6) is 0. The highest BCUT2D eigenvalue weighted by molar-refractivity contribution is 9.10. The number of hydrogen-bond donors (Lipinski definition) is 1. The Kier molecular flexibility index (Phi) is 1.75. The van der Waals surface area contributed by atoms with Gasteiger partial charge in [0.25, 0.3) is 0 Å². The van der Waals surface area contributed by atoms with Crippen LogP contribution in [-0.2, 0) is 0 Å². The summed E-state index contributed by atoms with van der Waals surface area (Å²) in [5.41, 5.74) is 0.847. The van der Waals surface area contributed by atoms with Crippen LogP contribution in [0.2, 0.25) is 0 Å². The zero-order valence-corrected chi connectivity index (χ0v) is 6.44. The first-order valence-corrected chi connectivity index (χ1v) is 3.26. The third kappa shape index (κ3) is 1.02. The van der Waals surface area contributed by atoms with Crippen LogP contribution in [0.1, 0.15) is 11.3 Å². The molecule has 0 bridgehead atoms. The van der Waals surface area contributed by atoms with E-state index in [2.05, 4.69) is 20.9 Å². The minimum atomic E-state index is 0.392. The first-order valence-electron chi connectivity index (χ1n) is 2.46. The van der Waals surface area contributed by atoms with E-state index in [9.17, 15) is 0 Å². The van der Waals surface area contributed by atoms with E-state index in [1.165, 1.54) is 6.07 Å². The Hall–Kier alpha value is -1.26. The predicted molar refractivity (Wildman–Crippen MR) is 37.9 cm³/mol. The molecular formula is C6H2BrN3. The van der Waals surface area contributed by atoms with E-state index < -0.39 is 0 Å². The summed E-state index contributed by atoms with van der Waals surface area (Å²) in [7, 11) is 0. The van der Waals surface area contributed by atoms with Gasteiger partial charge in [-0.3, -0.25) is 0 Å². The summed E-state index contributed by atoms with van der Waals surface area (Å²) in [6.45, 7) is 0. The fourth-order valence-corrected chi connectivity index (χ4v) is 0.988. The molecule has 0 atom stereocenters. The number of nitrogens with zero attached hydrogens (tertiary/aromatic N) is 2. The van der Waals surface area contributed by atoms with Gasteiger partial charge in [-0.25, -0.2) is 0 Å². The van der Waals surface area contributed by atoms with E-state index in [0.29, 0.717) is 15.9 Å². The van der Waals surface area contributed by atoms with Gasteiger partial charge in [0.05, 0.1) is 5.56 Å². The van der Waals surface area contributed by atoms with Crippen LogP contribution in [0.15, 0.2) is 10.7 Å². The smallest absolute Gasteiger partial charge is 0.119 e. The lowest BCUT2D eigenvalue weighted by Gasteiger charge is -1.76. The van der Waals surface area contributed by atoms with Crippen molar-refractivity contribution >= 4 is 15.9 Å². The van der Waals surface area contributed by atoms with Crippen LogP contribution in [0.25, 0.3) is 0 Å². The van der Waals surface area contributed by atoms with Crippen LogP contribution in [0, 0.1) is 22.7 Å². The van der Waals surface area contributed by atoms with Crippen molar-refractivity contribution in [3.05, 3.63) is 21.9 Å². The Bertz CT molecular complexity index is 326. The Morgan fingerprint density at radius 1 is 1.40 bits per heavy atom. The topological polar surface area (TPSA) is 63.4 Å². The average molecular weight is 196 g/mol. The maximum Gasteiger partial charge on any atom is 0.119 e. The molecule has 4 heteroatoms. The SMILES string of the molecule is N#Cc1cc(C#N)c(Br)[nH]1. The van der Waals surface area contributed by atoms with Crippen LogP contribution in [-0.4, -0.2) is 4.98 Å². The Morgan fingerprint density at radius 3 is 2.40 bits per heavy atom. The third-order valence-corrected chi connectivity index (χ3v) is 1.64.